The molecule has 0 bridgehead atoms. The Morgan fingerprint density at radius 3 is 2.69 bits per heavy atom. The molecule has 1 N–H and O–H groups in total. The van der Waals surface area contributed by atoms with Gasteiger partial charge in [-0.25, -0.2) is 10.1 Å². The van der Waals surface area contributed by atoms with Gasteiger partial charge in [0.2, 0.25) is 5.91 Å². The molecule has 2 aromatic carbocycles. The van der Waals surface area contributed by atoms with Gasteiger partial charge < -0.3 is 0 Å². The van der Waals surface area contributed by atoms with E-state index in [0.29, 0.717) is 17.8 Å². The Morgan fingerprint density at radius 1 is 1.23 bits per heavy atom. The molecule has 0 radical (unpaired) electrons. The number of amides is 1. The van der Waals surface area contributed by atoms with Crippen molar-refractivity contribution >= 4 is 28.3 Å². The number of hydrogen-bond acceptors (Lipinski definition) is 6. The van der Waals surface area contributed by atoms with E-state index < -0.39 is 4.92 Å². The van der Waals surface area contributed by atoms with E-state index in [-0.39, 0.29) is 18.0 Å². The van der Waals surface area contributed by atoms with Crippen molar-refractivity contribution in [2.24, 2.45) is 5.10 Å². The van der Waals surface area contributed by atoms with Crippen LogP contribution in [0.4, 0.5) is 5.69 Å². The van der Waals surface area contributed by atoms with Crippen LogP contribution in [0.2, 0.25) is 0 Å². The van der Waals surface area contributed by atoms with Crippen molar-refractivity contribution in [1.29, 1.82) is 0 Å². The van der Waals surface area contributed by atoms with Gasteiger partial charge in [0.15, 0.2) is 0 Å². The lowest BCUT2D eigenvalue weighted by atomic mass is 10.1. The first-order valence-electron chi connectivity index (χ1n) is 7.91. The van der Waals surface area contributed by atoms with Gasteiger partial charge in [-0.05, 0) is 36.8 Å². The topological polar surface area (TPSA) is 115 Å². The maximum atomic E-state index is 12.0. The lowest BCUT2D eigenvalue weighted by Crippen LogP contribution is -2.21. The minimum absolute atomic E-state index is 0.00523. The average Bonchev–Trinajstić information content (AvgIpc) is 3.07. The molecule has 0 aliphatic carbocycles. The van der Waals surface area contributed by atoms with Crippen LogP contribution in [0.25, 0.3) is 11.0 Å². The van der Waals surface area contributed by atoms with Crippen LogP contribution in [-0.2, 0) is 11.3 Å². The maximum absolute atomic E-state index is 12.0. The lowest BCUT2D eigenvalue weighted by molar-refractivity contribution is -0.384. The van der Waals surface area contributed by atoms with Crippen LogP contribution in [0.15, 0.2) is 53.6 Å². The molecule has 1 heterocycles. The fourth-order valence-electron chi connectivity index (χ4n) is 2.38. The summed E-state index contributed by atoms with van der Waals surface area (Å²) in [6.45, 7) is 2.10. The number of hydrazone groups is 1. The molecule has 3 rings (SSSR count). The fourth-order valence-corrected chi connectivity index (χ4v) is 2.38. The standard InChI is InChI=1S/C17H16N6O3/c1-12(13-6-8-14(9-7-13)23(25)26)18-20-17(24)10-11-22-16-5-3-2-4-15(16)19-21-22/h2-9H,10-11H2,1H3,(H,20,24)/b18-12-. The van der Waals surface area contributed by atoms with E-state index >= 15 is 0 Å². The monoisotopic (exact) mass is 352 g/mol. The number of non-ortho nitro benzene ring substituents is 1. The molecule has 0 aliphatic rings. The van der Waals surface area contributed by atoms with Gasteiger partial charge in [-0.15, -0.1) is 5.10 Å². The van der Waals surface area contributed by atoms with Crippen LogP contribution >= 0.6 is 0 Å². The molecule has 1 aromatic heterocycles. The zero-order chi connectivity index (χ0) is 18.5. The highest BCUT2D eigenvalue weighted by Crippen LogP contribution is 2.12. The number of fused-ring (bicyclic) bond motifs is 1. The molecule has 3 aromatic rings. The zero-order valence-corrected chi connectivity index (χ0v) is 14.0. The van der Waals surface area contributed by atoms with Gasteiger partial charge in [0.25, 0.3) is 5.69 Å². The largest absolute Gasteiger partial charge is 0.273 e. The summed E-state index contributed by atoms with van der Waals surface area (Å²) in [6, 6.07) is 13.5. The second-order valence-corrected chi connectivity index (χ2v) is 5.59. The first kappa shape index (κ1) is 17.2. The SMILES string of the molecule is C/C(=N/NC(=O)CCn1nnc2ccccc21)c1ccc([N+](=O)[O-])cc1. The molecule has 0 atom stereocenters. The number of nitro benzene ring substituents is 1. The van der Waals surface area contributed by atoms with E-state index in [1.165, 1.54) is 12.1 Å². The van der Waals surface area contributed by atoms with Crippen LogP contribution in [-0.4, -0.2) is 31.5 Å². The van der Waals surface area contributed by atoms with Gasteiger partial charge >= 0.3 is 0 Å². The highest BCUT2D eigenvalue weighted by molar-refractivity contribution is 5.99. The first-order valence-corrected chi connectivity index (χ1v) is 7.91. The molecule has 0 saturated heterocycles. The van der Waals surface area contributed by atoms with Crippen LogP contribution in [0.1, 0.15) is 18.9 Å². The lowest BCUT2D eigenvalue weighted by Gasteiger charge is -2.04. The number of nitrogens with one attached hydrogen (secondary N) is 1. The highest BCUT2D eigenvalue weighted by atomic mass is 16.6. The van der Waals surface area contributed by atoms with Crippen LogP contribution in [0, 0.1) is 10.1 Å². The average molecular weight is 352 g/mol. The van der Waals surface area contributed by atoms with Gasteiger partial charge in [0.1, 0.15) is 5.52 Å². The predicted molar refractivity (Wildman–Crippen MR) is 95.6 cm³/mol. The predicted octanol–water partition coefficient (Wildman–Crippen LogP) is 2.27. The molecule has 26 heavy (non-hydrogen) atoms. The maximum Gasteiger partial charge on any atom is 0.269 e. The molecule has 1 amide bonds. The minimum Gasteiger partial charge on any atom is -0.273 e. The summed E-state index contributed by atoms with van der Waals surface area (Å²) in [5.41, 5.74) is 5.38. The first-order chi connectivity index (χ1) is 12.5. The Kier molecular flexibility index (Phi) is 4.97. The highest BCUT2D eigenvalue weighted by Gasteiger charge is 2.08. The fraction of sp³-hybridized carbons (Fsp3) is 0.176. The van der Waals surface area contributed by atoms with Crippen molar-refractivity contribution in [2.75, 3.05) is 0 Å². The molecule has 0 fully saturated rings. The van der Waals surface area contributed by atoms with Gasteiger partial charge in [0.05, 0.1) is 22.7 Å². The molecule has 0 spiro atoms. The zero-order valence-electron chi connectivity index (χ0n) is 14.0. The van der Waals surface area contributed by atoms with Crippen LogP contribution in [0.3, 0.4) is 0 Å². The molecule has 0 aliphatic heterocycles. The van der Waals surface area contributed by atoms with Crippen molar-refractivity contribution in [3.8, 4) is 0 Å². The number of carbonyl (C=O) groups is 1. The number of nitrogens with zero attached hydrogens (tertiary/aromatic N) is 5. The van der Waals surface area contributed by atoms with Crippen LogP contribution < -0.4 is 5.43 Å². The number of aryl methyl sites for hydroxylation is 1. The molecular weight excluding hydrogens is 336 g/mol. The van der Waals surface area contributed by atoms with E-state index in [9.17, 15) is 14.9 Å². The molecular formula is C17H16N6O3. The third kappa shape index (κ3) is 3.89. The Labute approximate surface area is 148 Å². The van der Waals surface area contributed by atoms with E-state index in [1.807, 2.05) is 24.3 Å². The second kappa shape index (κ2) is 7.51. The summed E-state index contributed by atoms with van der Waals surface area (Å²) in [5.74, 6) is -0.258. The summed E-state index contributed by atoms with van der Waals surface area (Å²) in [5, 5.41) is 22.8. The smallest absolute Gasteiger partial charge is 0.269 e. The van der Waals surface area contributed by atoms with Gasteiger partial charge in [-0.3, -0.25) is 14.9 Å². The van der Waals surface area contributed by atoms with Gasteiger partial charge in [0, 0.05) is 18.6 Å². The summed E-state index contributed by atoms with van der Waals surface area (Å²) in [7, 11) is 0. The second-order valence-electron chi connectivity index (χ2n) is 5.59. The third-order valence-electron chi connectivity index (χ3n) is 3.82. The van der Waals surface area contributed by atoms with Gasteiger partial charge in [-0.2, -0.15) is 5.10 Å². The Hall–Kier alpha value is -3.62. The number of nitro groups is 1. The normalized spacial score (nSPS) is 11.5. The number of aromatic nitrogens is 3. The van der Waals surface area contributed by atoms with Crippen LogP contribution in [0.5, 0.6) is 0 Å². The Morgan fingerprint density at radius 2 is 1.96 bits per heavy atom. The van der Waals surface area contributed by atoms with Crippen molar-refractivity contribution in [1.82, 2.24) is 20.4 Å². The number of benzene rings is 2. The van der Waals surface area contributed by atoms with E-state index in [0.717, 1.165) is 11.0 Å². The van der Waals surface area contributed by atoms with Crippen molar-refractivity contribution in [3.63, 3.8) is 0 Å². The molecule has 0 unspecified atom stereocenters. The molecule has 9 nitrogen and oxygen atoms in total. The van der Waals surface area contributed by atoms with Crippen molar-refractivity contribution < 1.29 is 9.72 Å². The van der Waals surface area contributed by atoms with E-state index in [4.69, 9.17) is 0 Å². The summed E-state index contributed by atoms with van der Waals surface area (Å²) >= 11 is 0. The number of carbonyl (C=O) groups excluding carboxylic acids is 1. The molecule has 132 valence electrons. The number of para-hydroxylation sites is 1. The Bertz CT molecular complexity index is 978. The minimum atomic E-state index is -0.466. The Balaban J connectivity index is 1.57. The quantitative estimate of drug-likeness (QED) is 0.415. The van der Waals surface area contributed by atoms with Gasteiger partial charge in [-0.1, -0.05) is 17.3 Å². The van der Waals surface area contributed by atoms with E-state index in [1.54, 1.807) is 23.7 Å². The summed E-state index contributed by atoms with van der Waals surface area (Å²) in [4.78, 5) is 22.2. The number of rotatable bonds is 6. The molecule has 9 heteroatoms. The van der Waals surface area contributed by atoms with Crippen molar-refractivity contribution in [2.45, 2.75) is 19.9 Å². The van der Waals surface area contributed by atoms with Crippen molar-refractivity contribution in [3.05, 3.63) is 64.2 Å². The summed E-state index contributed by atoms with van der Waals surface area (Å²) < 4.78 is 1.67. The molecule has 0 saturated carbocycles. The number of hydrogen-bond donors (Lipinski definition) is 1. The summed E-state index contributed by atoms with van der Waals surface area (Å²) in [6.07, 6.45) is 0.199. The third-order valence-corrected chi connectivity index (χ3v) is 3.82. The van der Waals surface area contributed by atoms with E-state index in [2.05, 4.69) is 20.8 Å².